The predicted molar refractivity (Wildman–Crippen MR) is 107 cm³/mol. The Hall–Kier alpha value is -2.18. The summed E-state index contributed by atoms with van der Waals surface area (Å²) in [5.41, 5.74) is 0.676. The number of aromatic nitrogens is 1. The average molecular weight is 410 g/mol. The second-order valence-corrected chi connectivity index (χ2v) is 9.12. The van der Waals surface area contributed by atoms with Gasteiger partial charge in [-0.1, -0.05) is 13.8 Å². The number of alkyl halides is 3. The number of ether oxygens (including phenoxy) is 1. The standard InChI is InChI=1S/C22H29F3N2O2/c1-13(2)17-12-26-19-11-18(22(23,24)25)15(10-16(17)19)14-6-8-27(9-7-14)20(28)29-21(3,4)5/h10-14,26H,6-9H2,1-5H3. The lowest BCUT2D eigenvalue weighted by molar-refractivity contribution is -0.138. The highest BCUT2D eigenvalue weighted by Crippen LogP contribution is 2.42. The van der Waals surface area contributed by atoms with Gasteiger partial charge in [0.05, 0.1) is 5.56 Å². The Bertz CT molecular complexity index is 886. The van der Waals surface area contributed by atoms with Crippen LogP contribution in [0.15, 0.2) is 18.3 Å². The molecule has 0 aliphatic carbocycles. The van der Waals surface area contributed by atoms with Gasteiger partial charge in [0, 0.05) is 30.2 Å². The summed E-state index contributed by atoms with van der Waals surface area (Å²) < 4.78 is 46.8. The van der Waals surface area contributed by atoms with Crippen LogP contribution in [0.3, 0.4) is 0 Å². The lowest BCUT2D eigenvalue weighted by Crippen LogP contribution is -2.41. The number of hydrogen-bond acceptors (Lipinski definition) is 2. The molecule has 7 heteroatoms. The number of likely N-dealkylation sites (tertiary alicyclic amines) is 1. The van der Waals surface area contributed by atoms with Gasteiger partial charge in [-0.2, -0.15) is 13.2 Å². The zero-order chi connectivity index (χ0) is 21.6. The molecule has 1 saturated heterocycles. The molecule has 1 aliphatic rings. The van der Waals surface area contributed by atoms with Crippen LogP contribution in [0.4, 0.5) is 18.0 Å². The van der Waals surface area contributed by atoms with Gasteiger partial charge in [0.15, 0.2) is 0 Å². The number of fused-ring (bicyclic) bond motifs is 1. The van der Waals surface area contributed by atoms with E-state index in [1.807, 2.05) is 13.8 Å². The Morgan fingerprint density at radius 2 is 1.79 bits per heavy atom. The van der Waals surface area contributed by atoms with Gasteiger partial charge in [-0.15, -0.1) is 0 Å². The molecule has 0 radical (unpaired) electrons. The Labute approximate surface area is 169 Å². The molecule has 0 atom stereocenters. The van der Waals surface area contributed by atoms with Gasteiger partial charge in [-0.3, -0.25) is 0 Å². The van der Waals surface area contributed by atoms with Crippen molar-refractivity contribution in [1.29, 1.82) is 0 Å². The molecule has 1 aromatic heterocycles. The van der Waals surface area contributed by atoms with E-state index in [4.69, 9.17) is 4.74 Å². The van der Waals surface area contributed by atoms with Crippen molar-refractivity contribution in [2.45, 2.75) is 71.1 Å². The first-order valence-corrected chi connectivity index (χ1v) is 10.1. The van der Waals surface area contributed by atoms with E-state index in [0.29, 0.717) is 37.0 Å². The number of piperidine rings is 1. The molecule has 0 bridgehead atoms. The third kappa shape index (κ3) is 4.70. The van der Waals surface area contributed by atoms with E-state index in [0.717, 1.165) is 10.9 Å². The van der Waals surface area contributed by atoms with Crippen LogP contribution >= 0.6 is 0 Å². The quantitative estimate of drug-likeness (QED) is 0.620. The molecule has 1 N–H and O–H groups in total. The largest absolute Gasteiger partial charge is 0.444 e. The molecule has 2 heterocycles. The first kappa shape index (κ1) is 21.5. The van der Waals surface area contributed by atoms with E-state index in [1.165, 1.54) is 6.07 Å². The number of carbonyl (C=O) groups is 1. The van der Waals surface area contributed by atoms with Gasteiger partial charge in [-0.05, 0) is 68.7 Å². The van der Waals surface area contributed by atoms with Crippen molar-refractivity contribution >= 4 is 17.0 Å². The van der Waals surface area contributed by atoms with Gasteiger partial charge in [0.25, 0.3) is 0 Å². The molecule has 29 heavy (non-hydrogen) atoms. The number of rotatable bonds is 2. The minimum Gasteiger partial charge on any atom is -0.444 e. The number of hydrogen-bond donors (Lipinski definition) is 1. The molecular weight excluding hydrogens is 381 g/mol. The van der Waals surface area contributed by atoms with Crippen molar-refractivity contribution in [2.24, 2.45) is 0 Å². The highest BCUT2D eigenvalue weighted by molar-refractivity contribution is 5.85. The molecule has 1 amide bonds. The topological polar surface area (TPSA) is 45.3 Å². The highest BCUT2D eigenvalue weighted by atomic mass is 19.4. The fourth-order valence-corrected chi connectivity index (χ4v) is 3.97. The van der Waals surface area contributed by atoms with E-state index in [9.17, 15) is 18.0 Å². The third-order valence-electron chi connectivity index (χ3n) is 5.40. The molecule has 160 valence electrons. The van der Waals surface area contributed by atoms with Crippen molar-refractivity contribution in [3.8, 4) is 0 Å². The Kier molecular flexibility index (Phi) is 5.62. The molecule has 1 fully saturated rings. The van der Waals surface area contributed by atoms with E-state index in [2.05, 4.69) is 4.98 Å². The van der Waals surface area contributed by atoms with Crippen LogP contribution in [0.25, 0.3) is 10.9 Å². The van der Waals surface area contributed by atoms with Crippen molar-refractivity contribution < 1.29 is 22.7 Å². The summed E-state index contributed by atoms with van der Waals surface area (Å²) in [5, 5.41) is 0.845. The minimum atomic E-state index is -4.42. The van der Waals surface area contributed by atoms with E-state index < -0.39 is 23.4 Å². The van der Waals surface area contributed by atoms with Crippen LogP contribution in [0, 0.1) is 0 Å². The van der Waals surface area contributed by atoms with Gasteiger partial charge in [-0.25, -0.2) is 4.79 Å². The average Bonchev–Trinajstić information content (AvgIpc) is 3.02. The van der Waals surface area contributed by atoms with Crippen molar-refractivity contribution in [1.82, 2.24) is 9.88 Å². The summed E-state index contributed by atoms with van der Waals surface area (Å²) in [6.07, 6.45) is -2.07. The first-order valence-electron chi connectivity index (χ1n) is 10.1. The number of aromatic amines is 1. The second-order valence-electron chi connectivity index (χ2n) is 9.12. The number of halogens is 3. The molecule has 3 rings (SSSR count). The molecule has 0 unspecified atom stereocenters. The van der Waals surface area contributed by atoms with Gasteiger partial charge in [0.1, 0.15) is 5.60 Å². The summed E-state index contributed by atoms with van der Waals surface area (Å²) in [7, 11) is 0. The third-order valence-corrected chi connectivity index (χ3v) is 5.40. The fraction of sp³-hybridized carbons (Fsp3) is 0.591. The molecule has 0 spiro atoms. The van der Waals surface area contributed by atoms with Crippen LogP contribution < -0.4 is 0 Å². The number of amides is 1. The maximum absolute atomic E-state index is 13.8. The lowest BCUT2D eigenvalue weighted by atomic mass is 9.85. The zero-order valence-corrected chi connectivity index (χ0v) is 17.6. The first-order chi connectivity index (χ1) is 13.4. The summed E-state index contributed by atoms with van der Waals surface area (Å²) in [6.45, 7) is 10.2. The van der Waals surface area contributed by atoms with Gasteiger partial charge >= 0.3 is 12.3 Å². The molecular formula is C22H29F3N2O2. The van der Waals surface area contributed by atoms with Crippen molar-refractivity contribution in [3.05, 3.63) is 35.0 Å². The molecule has 4 nitrogen and oxygen atoms in total. The van der Waals surface area contributed by atoms with Crippen LogP contribution in [-0.4, -0.2) is 34.7 Å². The number of benzene rings is 1. The summed E-state index contributed by atoms with van der Waals surface area (Å²) >= 11 is 0. The smallest absolute Gasteiger partial charge is 0.416 e. The minimum absolute atomic E-state index is 0.211. The monoisotopic (exact) mass is 410 g/mol. The number of nitrogens with zero attached hydrogens (tertiary/aromatic N) is 1. The summed E-state index contributed by atoms with van der Waals surface area (Å²) in [6, 6.07) is 2.94. The molecule has 2 aromatic rings. The van der Waals surface area contributed by atoms with Crippen LogP contribution in [0.2, 0.25) is 0 Å². The zero-order valence-electron chi connectivity index (χ0n) is 17.6. The SMILES string of the molecule is CC(C)c1c[nH]c2cc(C(F)(F)F)c(C3CCN(C(=O)OC(C)(C)C)CC3)cc12. The Balaban J connectivity index is 1.89. The lowest BCUT2D eigenvalue weighted by Gasteiger charge is -2.34. The van der Waals surface area contributed by atoms with Gasteiger partial charge in [0.2, 0.25) is 0 Å². The molecule has 1 aliphatic heterocycles. The highest BCUT2D eigenvalue weighted by Gasteiger charge is 2.37. The second kappa shape index (κ2) is 7.58. The Morgan fingerprint density at radius 1 is 1.17 bits per heavy atom. The predicted octanol–water partition coefficient (Wildman–Crippen LogP) is 6.42. The Morgan fingerprint density at radius 3 is 2.31 bits per heavy atom. The van der Waals surface area contributed by atoms with Crippen LogP contribution in [0.1, 0.15) is 76.0 Å². The van der Waals surface area contributed by atoms with Crippen molar-refractivity contribution in [2.75, 3.05) is 13.1 Å². The normalized spacial score (nSPS) is 16.7. The molecule has 1 aromatic carbocycles. The summed E-state index contributed by atoms with van der Waals surface area (Å²) in [4.78, 5) is 16.8. The fourth-order valence-electron chi connectivity index (χ4n) is 3.97. The maximum atomic E-state index is 13.8. The summed E-state index contributed by atoms with van der Waals surface area (Å²) in [5.74, 6) is -0.0352. The number of carbonyl (C=O) groups excluding carboxylic acids is 1. The maximum Gasteiger partial charge on any atom is 0.416 e. The van der Waals surface area contributed by atoms with Gasteiger partial charge < -0.3 is 14.6 Å². The van der Waals surface area contributed by atoms with E-state index >= 15 is 0 Å². The van der Waals surface area contributed by atoms with Crippen LogP contribution in [-0.2, 0) is 10.9 Å². The van der Waals surface area contributed by atoms with Crippen LogP contribution in [0.5, 0.6) is 0 Å². The number of nitrogens with one attached hydrogen (secondary N) is 1. The number of H-pyrrole nitrogens is 1. The van der Waals surface area contributed by atoms with Crippen molar-refractivity contribution in [3.63, 3.8) is 0 Å². The molecule has 0 saturated carbocycles. The van der Waals surface area contributed by atoms with E-state index in [-0.39, 0.29) is 11.8 Å². The van der Waals surface area contributed by atoms with E-state index in [1.54, 1.807) is 37.9 Å².